The lowest BCUT2D eigenvalue weighted by atomic mass is 10.2. The fourth-order valence-corrected chi connectivity index (χ4v) is 2.98. The average molecular weight is 388 g/mol. The summed E-state index contributed by atoms with van der Waals surface area (Å²) in [4.78, 5) is 3.90. The van der Waals surface area contributed by atoms with Crippen molar-refractivity contribution in [3.8, 4) is 11.8 Å². The standard InChI is InChI=1S/C13H8BrClN2O3S/c14-11-6-10(21(15,18)19)3-4-13(11)20-8-9-2-1-5-17-12(9)7-16/h1-6H,8H2. The van der Waals surface area contributed by atoms with E-state index in [0.717, 1.165) is 0 Å². The van der Waals surface area contributed by atoms with Crippen LogP contribution < -0.4 is 4.74 Å². The molecule has 1 aromatic carbocycles. The van der Waals surface area contributed by atoms with Crippen LogP contribution in [0, 0.1) is 11.3 Å². The van der Waals surface area contributed by atoms with Gasteiger partial charge in [-0.15, -0.1) is 0 Å². The van der Waals surface area contributed by atoms with Gasteiger partial charge in [-0.25, -0.2) is 13.4 Å². The highest BCUT2D eigenvalue weighted by Gasteiger charge is 2.13. The van der Waals surface area contributed by atoms with Crippen LogP contribution in [0.2, 0.25) is 0 Å². The minimum atomic E-state index is -3.79. The van der Waals surface area contributed by atoms with Crippen molar-refractivity contribution in [3.63, 3.8) is 0 Å². The third-order valence-electron chi connectivity index (χ3n) is 2.57. The molecule has 0 radical (unpaired) electrons. The van der Waals surface area contributed by atoms with Crippen LogP contribution in [-0.2, 0) is 15.7 Å². The molecule has 0 aliphatic rings. The number of halogens is 2. The Bertz CT molecular complexity index is 818. The Kier molecular flexibility index (Phi) is 4.83. The molecule has 0 bridgehead atoms. The van der Waals surface area contributed by atoms with E-state index >= 15 is 0 Å². The highest BCUT2D eigenvalue weighted by Crippen LogP contribution is 2.29. The van der Waals surface area contributed by atoms with E-state index in [1.165, 1.54) is 24.4 Å². The summed E-state index contributed by atoms with van der Waals surface area (Å²) < 4.78 is 28.4. The smallest absolute Gasteiger partial charge is 0.261 e. The number of rotatable bonds is 4. The quantitative estimate of drug-likeness (QED) is 0.753. The maximum absolute atomic E-state index is 11.2. The SMILES string of the molecule is N#Cc1ncccc1COc1ccc(S(=O)(=O)Cl)cc1Br. The summed E-state index contributed by atoms with van der Waals surface area (Å²) in [6.45, 7) is 0.141. The summed E-state index contributed by atoms with van der Waals surface area (Å²) >= 11 is 3.22. The van der Waals surface area contributed by atoms with E-state index in [0.29, 0.717) is 15.8 Å². The van der Waals surface area contributed by atoms with E-state index in [2.05, 4.69) is 20.9 Å². The molecule has 0 aliphatic carbocycles. The Balaban J connectivity index is 2.20. The van der Waals surface area contributed by atoms with Crippen LogP contribution in [0.1, 0.15) is 11.3 Å². The van der Waals surface area contributed by atoms with Crippen LogP contribution in [0.4, 0.5) is 0 Å². The number of ether oxygens (including phenoxy) is 1. The van der Waals surface area contributed by atoms with E-state index < -0.39 is 9.05 Å². The lowest BCUT2D eigenvalue weighted by molar-refractivity contribution is 0.303. The molecule has 108 valence electrons. The molecule has 5 nitrogen and oxygen atoms in total. The zero-order valence-electron chi connectivity index (χ0n) is 10.5. The third-order valence-corrected chi connectivity index (χ3v) is 4.54. The molecule has 0 N–H and O–H groups in total. The van der Waals surface area contributed by atoms with E-state index in [1.54, 1.807) is 12.1 Å². The van der Waals surface area contributed by atoms with Crippen molar-refractivity contribution >= 4 is 35.7 Å². The topological polar surface area (TPSA) is 80.0 Å². The predicted molar refractivity (Wildman–Crippen MR) is 80.5 cm³/mol. The second-order valence-electron chi connectivity index (χ2n) is 3.94. The first kappa shape index (κ1) is 15.8. The first-order valence-corrected chi connectivity index (χ1v) is 8.73. The second kappa shape index (κ2) is 6.43. The van der Waals surface area contributed by atoms with Gasteiger partial charge in [0.1, 0.15) is 24.1 Å². The van der Waals surface area contributed by atoms with Crippen LogP contribution in [0.15, 0.2) is 45.9 Å². The van der Waals surface area contributed by atoms with Gasteiger partial charge in [0.25, 0.3) is 9.05 Å². The summed E-state index contributed by atoms with van der Waals surface area (Å²) in [5.41, 5.74) is 0.925. The Hall–Kier alpha value is -1.62. The minimum Gasteiger partial charge on any atom is -0.488 e. The van der Waals surface area contributed by atoms with E-state index in [4.69, 9.17) is 20.7 Å². The fourth-order valence-electron chi connectivity index (χ4n) is 1.56. The van der Waals surface area contributed by atoms with Gasteiger partial charge in [0.2, 0.25) is 0 Å². The van der Waals surface area contributed by atoms with Gasteiger partial charge in [-0.05, 0) is 40.2 Å². The summed E-state index contributed by atoms with van der Waals surface area (Å²) in [6.07, 6.45) is 1.53. The molecule has 8 heteroatoms. The highest BCUT2D eigenvalue weighted by molar-refractivity contribution is 9.10. The number of aromatic nitrogens is 1. The van der Waals surface area contributed by atoms with Crippen LogP contribution >= 0.6 is 26.6 Å². The van der Waals surface area contributed by atoms with Crippen molar-refractivity contribution in [2.24, 2.45) is 0 Å². The Morgan fingerprint density at radius 2 is 2.14 bits per heavy atom. The molecule has 0 saturated heterocycles. The lowest BCUT2D eigenvalue weighted by Gasteiger charge is -2.09. The van der Waals surface area contributed by atoms with E-state index in [9.17, 15) is 8.42 Å². The van der Waals surface area contributed by atoms with Crippen LogP contribution in [0.5, 0.6) is 5.75 Å². The van der Waals surface area contributed by atoms with Gasteiger partial charge < -0.3 is 4.74 Å². The maximum atomic E-state index is 11.2. The van der Waals surface area contributed by atoms with Gasteiger partial charge in [-0.3, -0.25) is 0 Å². The molecule has 1 aromatic heterocycles. The zero-order valence-corrected chi connectivity index (χ0v) is 13.6. The van der Waals surface area contributed by atoms with Crippen molar-refractivity contribution in [1.29, 1.82) is 5.26 Å². The first-order chi connectivity index (χ1) is 9.91. The largest absolute Gasteiger partial charge is 0.488 e. The highest BCUT2D eigenvalue weighted by atomic mass is 79.9. The molecular weight excluding hydrogens is 380 g/mol. The average Bonchev–Trinajstić information content (AvgIpc) is 2.45. The van der Waals surface area contributed by atoms with Gasteiger partial charge in [0.05, 0.1) is 9.37 Å². The number of hydrogen-bond donors (Lipinski definition) is 0. The number of nitriles is 1. The molecular formula is C13H8BrClN2O3S. The molecule has 1 heterocycles. The van der Waals surface area contributed by atoms with Crippen LogP contribution in [0.3, 0.4) is 0 Å². The van der Waals surface area contributed by atoms with E-state index in [1.807, 2.05) is 6.07 Å². The van der Waals surface area contributed by atoms with Gasteiger partial charge in [0.15, 0.2) is 0 Å². The van der Waals surface area contributed by atoms with Gasteiger partial charge in [-0.1, -0.05) is 6.07 Å². The molecule has 0 aliphatic heterocycles. The molecule has 0 fully saturated rings. The molecule has 2 aromatic rings. The van der Waals surface area contributed by atoms with Gasteiger partial charge in [-0.2, -0.15) is 5.26 Å². The Morgan fingerprint density at radius 3 is 2.76 bits per heavy atom. The van der Waals surface area contributed by atoms with Crippen molar-refractivity contribution in [1.82, 2.24) is 4.98 Å². The van der Waals surface area contributed by atoms with Gasteiger partial charge in [0, 0.05) is 22.4 Å². The van der Waals surface area contributed by atoms with Crippen molar-refractivity contribution < 1.29 is 13.2 Å². The minimum absolute atomic E-state index is 0.0255. The molecule has 0 saturated carbocycles. The summed E-state index contributed by atoms with van der Waals surface area (Å²) in [7, 11) is 1.48. The van der Waals surface area contributed by atoms with Crippen molar-refractivity contribution in [2.45, 2.75) is 11.5 Å². The van der Waals surface area contributed by atoms with Crippen LogP contribution in [-0.4, -0.2) is 13.4 Å². The summed E-state index contributed by atoms with van der Waals surface area (Å²) in [6, 6.07) is 9.60. The maximum Gasteiger partial charge on any atom is 0.261 e. The zero-order chi connectivity index (χ0) is 15.5. The summed E-state index contributed by atoms with van der Waals surface area (Å²) in [5, 5.41) is 8.94. The first-order valence-electron chi connectivity index (χ1n) is 5.63. The molecule has 0 amide bonds. The van der Waals surface area contributed by atoms with E-state index in [-0.39, 0.29) is 17.2 Å². The van der Waals surface area contributed by atoms with Gasteiger partial charge >= 0.3 is 0 Å². The predicted octanol–water partition coefficient (Wildman–Crippen LogP) is 3.22. The molecule has 21 heavy (non-hydrogen) atoms. The Morgan fingerprint density at radius 1 is 1.38 bits per heavy atom. The molecule has 0 unspecified atom stereocenters. The molecule has 2 rings (SSSR count). The number of benzene rings is 1. The monoisotopic (exact) mass is 386 g/mol. The summed E-state index contributed by atoms with van der Waals surface area (Å²) in [5.74, 6) is 0.437. The second-order valence-corrected chi connectivity index (χ2v) is 7.36. The normalized spacial score (nSPS) is 10.9. The number of hydrogen-bond acceptors (Lipinski definition) is 5. The Labute approximate surface area is 134 Å². The van der Waals surface area contributed by atoms with Crippen LogP contribution in [0.25, 0.3) is 0 Å². The molecule has 0 atom stereocenters. The number of nitrogens with zero attached hydrogens (tertiary/aromatic N) is 2. The molecule has 0 spiro atoms. The number of pyridine rings is 1. The third kappa shape index (κ3) is 3.94. The van der Waals surface area contributed by atoms with Crippen molar-refractivity contribution in [2.75, 3.05) is 0 Å². The lowest BCUT2D eigenvalue weighted by Crippen LogP contribution is -2.01. The van der Waals surface area contributed by atoms with Crippen molar-refractivity contribution in [3.05, 3.63) is 52.3 Å². The fraction of sp³-hybridized carbons (Fsp3) is 0.0769.